The SMILES string of the molecule is CCOc1ccc(CN(C)C)cc1NC(=O)[C@H](NC(=O)N1CCCC1c1ccccc1)[C@@H](C)c1c[nH]c2ccccc12. The predicted octanol–water partition coefficient (Wildman–Crippen LogP) is 6.29. The van der Waals surface area contributed by atoms with Crippen molar-refractivity contribution in [2.45, 2.75) is 51.2 Å². The second-order valence-electron chi connectivity index (χ2n) is 11.3. The molecule has 0 saturated carbocycles. The molecule has 1 aromatic heterocycles. The zero-order valence-corrected chi connectivity index (χ0v) is 24.9. The third-order valence-corrected chi connectivity index (χ3v) is 7.97. The van der Waals surface area contributed by atoms with Crippen LogP contribution in [-0.2, 0) is 11.3 Å². The van der Waals surface area contributed by atoms with Crippen LogP contribution >= 0.6 is 0 Å². The summed E-state index contributed by atoms with van der Waals surface area (Å²) in [6.07, 6.45) is 3.74. The van der Waals surface area contributed by atoms with Crippen LogP contribution in [0, 0.1) is 0 Å². The first-order valence-corrected chi connectivity index (χ1v) is 14.7. The Balaban J connectivity index is 1.46. The molecular formula is C34H41N5O3. The van der Waals surface area contributed by atoms with Gasteiger partial charge in [-0.25, -0.2) is 4.79 Å². The number of hydrogen-bond acceptors (Lipinski definition) is 4. The molecule has 5 rings (SSSR count). The molecule has 1 fully saturated rings. The van der Waals surface area contributed by atoms with Gasteiger partial charge in [-0.05, 0) is 68.8 Å². The summed E-state index contributed by atoms with van der Waals surface area (Å²) >= 11 is 0. The molecule has 0 spiro atoms. The van der Waals surface area contributed by atoms with Crippen LogP contribution in [0.2, 0.25) is 0 Å². The number of para-hydroxylation sites is 1. The van der Waals surface area contributed by atoms with Crippen LogP contribution in [0.1, 0.15) is 55.3 Å². The number of ether oxygens (including phenoxy) is 1. The lowest BCUT2D eigenvalue weighted by Crippen LogP contribution is -2.51. The zero-order chi connectivity index (χ0) is 29.6. The molecule has 3 aromatic carbocycles. The number of amides is 3. The third kappa shape index (κ3) is 6.44. The van der Waals surface area contributed by atoms with Crippen LogP contribution in [0.15, 0.2) is 79.0 Å². The fourth-order valence-electron chi connectivity index (χ4n) is 5.95. The number of nitrogens with one attached hydrogen (secondary N) is 3. The van der Waals surface area contributed by atoms with Crippen LogP contribution in [0.4, 0.5) is 10.5 Å². The number of benzene rings is 3. The van der Waals surface area contributed by atoms with Gasteiger partial charge in [0.05, 0.1) is 18.3 Å². The number of aromatic nitrogens is 1. The molecule has 3 amide bonds. The molecule has 4 aromatic rings. The quantitative estimate of drug-likeness (QED) is 0.210. The van der Waals surface area contributed by atoms with Gasteiger partial charge in [-0.15, -0.1) is 0 Å². The molecule has 8 nitrogen and oxygen atoms in total. The highest BCUT2D eigenvalue weighted by Crippen LogP contribution is 2.34. The van der Waals surface area contributed by atoms with Gasteiger partial charge in [0.1, 0.15) is 11.8 Å². The number of fused-ring (bicyclic) bond motifs is 1. The van der Waals surface area contributed by atoms with E-state index in [1.807, 2.05) is 99.7 Å². The van der Waals surface area contributed by atoms with Crippen molar-refractivity contribution in [1.82, 2.24) is 20.1 Å². The van der Waals surface area contributed by atoms with Gasteiger partial charge < -0.3 is 30.2 Å². The van der Waals surface area contributed by atoms with Gasteiger partial charge in [0.15, 0.2) is 0 Å². The van der Waals surface area contributed by atoms with E-state index >= 15 is 0 Å². The van der Waals surface area contributed by atoms with E-state index in [2.05, 4.69) is 32.7 Å². The minimum atomic E-state index is -0.833. The van der Waals surface area contributed by atoms with Crippen LogP contribution in [0.25, 0.3) is 10.9 Å². The lowest BCUT2D eigenvalue weighted by Gasteiger charge is -2.30. The van der Waals surface area contributed by atoms with E-state index in [0.717, 1.165) is 47.0 Å². The Bertz CT molecular complexity index is 1520. The number of rotatable bonds is 10. The van der Waals surface area contributed by atoms with Crippen molar-refractivity contribution < 1.29 is 14.3 Å². The van der Waals surface area contributed by atoms with Gasteiger partial charge in [-0.2, -0.15) is 0 Å². The molecule has 3 N–H and O–H groups in total. The molecule has 1 unspecified atom stereocenters. The molecule has 3 atom stereocenters. The highest BCUT2D eigenvalue weighted by Gasteiger charge is 2.35. The van der Waals surface area contributed by atoms with Crippen molar-refractivity contribution in [1.29, 1.82) is 0 Å². The second-order valence-corrected chi connectivity index (χ2v) is 11.3. The largest absolute Gasteiger partial charge is 0.492 e. The Labute approximate surface area is 248 Å². The number of hydrogen-bond donors (Lipinski definition) is 3. The van der Waals surface area contributed by atoms with Gasteiger partial charge in [0.2, 0.25) is 5.91 Å². The van der Waals surface area contributed by atoms with Gasteiger partial charge >= 0.3 is 6.03 Å². The average Bonchev–Trinajstić information content (AvgIpc) is 3.65. The van der Waals surface area contributed by atoms with Crippen molar-refractivity contribution in [2.75, 3.05) is 32.6 Å². The predicted molar refractivity (Wildman–Crippen MR) is 168 cm³/mol. The summed E-state index contributed by atoms with van der Waals surface area (Å²) in [5, 5.41) is 7.29. The van der Waals surface area contributed by atoms with Crippen molar-refractivity contribution in [3.8, 4) is 5.75 Å². The molecule has 0 aliphatic carbocycles. The highest BCUT2D eigenvalue weighted by molar-refractivity contribution is 5.99. The topological polar surface area (TPSA) is 89.7 Å². The first-order valence-electron chi connectivity index (χ1n) is 14.7. The first-order chi connectivity index (χ1) is 20.4. The minimum absolute atomic E-state index is 0.0226. The van der Waals surface area contributed by atoms with Gasteiger partial charge in [-0.3, -0.25) is 4.79 Å². The summed E-state index contributed by atoms with van der Waals surface area (Å²) in [5.41, 5.74) is 4.71. The Morgan fingerprint density at radius 1 is 1.07 bits per heavy atom. The lowest BCUT2D eigenvalue weighted by molar-refractivity contribution is -0.118. The highest BCUT2D eigenvalue weighted by atomic mass is 16.5. The van der Waals surface area contributed by atoms with E-state index in [4.69, 9.17) is 4.74 Å². The van der Waals surface area contributed by atoms with E-state index in [1.54, 1.807) is 0 Å². The van der Waals surface area contributed by atoms with Crippen molar-refractivity contribution >= 4 is 28.5 Å². The number of H-pyrrole nitrogens is 1. The molecule has 42 heavy (non-hydrogen) atoms. The summed E-state index contributed by atoms with van der Waals surface area (Å²) in [4.78, 5) is 35.3. The fraction of sp³-hybridized carbons (Fsp3) is 0.353. The monoisotopic (exact) mass is 567 g/mol. The number of nitrogens with zero attached hydrogens (tertiary/aromatic N) is 2. The summed E-state index contributed by atoms with van der Waals surface area (Å²) in [6, 6.07) is 22.9. The third-order valence-electron chi connectivity index (χ3n) is 7.97. The van der Waals surface area contributed by atoms with Gasteiger partial charge in [0, 0.05) is 36.1 Å². The number of likely N-dealkylation sites (tertiary alicyclic amines) is 1. The van der Waals surface area contributed by atoms with E-state index < -0.39 is 6.04 Å². The normalized spacial score (nSPS) is 16.4. The summed E-state index contributed by atoms with van der Waals surface area (Å²) in [6.45, 7) is 5.74. The maximum atomic E-state index is 14.2. The average molecular weight is 568 g/mol. The molecular weight excluding hydrogens is 526 g/mol. The van der Waals surface area contributed by atoms with Crippen molar-refractivity contribution in [2.24, 2.45) is 0 Å². The molecule has 8 heteroatoms. The molecule has 0 bridgehead atoms. The molecule has 220 valence electrons. The van der Waals surface area contributed by atoms with E-state index in [1.165, 1.54) is 0 Å². The summed E-state index contributed by atoms with van der Waals surface area (Å²) < 4.78 is 5.86. The van der Waals surface area contributed by atoms with Crippen molar-refractivity contribution in [3.63, 3.8) is 0 Å². The molecule has 1 saturated heterocycles. The molecule has 1 aliphatic heterocycles. The van der Waals surface area contributed by atoms with E-state index in [0.29, 0.717) is 24.6 Å². The van der Waals surface area contributed by atoms with Crippen LogP contribution in [-0.4, -0.2) is 60.0 Å². The van der Waals surface area contributed by atoms with Crippen LogP contribution in [0.5, 0.6) is 5.75 Å². The Morgan fingerprint density at radius 3 is 2.60 bits per heavy atom. The lowest BCUT2D eigenvalue weighted by atomic mass is 9.92. The zero-order valence-electron chi connectivity index (χ0n) is 24.9. The molecule has 0 radical (unpaired) electrons. The maximum absolute atomic E-state index is 14.2. The standard InChI is InChI=1S/C34H41N5O3/c1-5-42-31-18-17-24(22-38(3)4)20-29(31)36-33(40)32(23(2)27-21-35-28-15-10-9-14-26(27)28)37-34(41)39-19-11-16-30(39)25-12-7-6-8-13-25/h6-10,12-15,17-18,20-21,23,30,32,35H,5,11,16,19,22H2,1-4H3,(H,36,40)(H,37,41)/t23-,30?,32+/m0/s1. The van der Waals surface area contributed by atoms with Crippen molar-refractivity contribution in [3.05, 3.63) is 95.7 Å². The molecule has 1 aliphatic rings. The maximum Gasteiger partial charge on any atom is 0.318 e. The number of urea groups is 1. The Kier molecular flexibility index (Phi) is 9.12. The number of carbonyl (C=O) groups excluding carboxylic acids is 2. The first kappa shape index (κ1) is 29.2. The van der Waals surface area contributed by atoms with E-state index in [-0.39, 0.29) is 23.9 Å². The van der Waals surface area contributed by atoms with Crippen LogP contribution in [0.3, 0.4) is 0 Å². The second kappa shape index (κ2) is 13.1. The smallest absolute Gasteiger partial charge is 0.318 e. The molecule has 2 heterocycles. The Morgan fingerprint density at radius 2 is 1.83 bits per heavy atom. The minimum Gasteiger partial charge on any atom is -0.492 e. The Hall–Kier alpha value is -4.30. The van der Waals surface area contributed by atoms with Crippen LogP contribution < -0.4 is 15.4 Å². The number of aromatic amines is 1. The van der Waals surface area contributed by atoms with Gasteiger partial charge in [0.25, 0.3) is 0 Å². The summed E-state index contributed by atoms with van der Waals surface area (Å²) in [7, 11) is 4.01. The number of anilines is 1. The fourth-order valence-corrected chi connectivity index (χ4v) is 5.95. The summed E-state index contributed by atoms with van der Waals surface area (Å²) in [5.74, 6) is -0.00945. The van der Waals surface area contributed by atoms with Gasteiger partial charge in [-0.1, -0.05) is 61.5 Å². The van der Waals surface area contributed by atoms with E-state index in [9.17, 15) is 9.59 Å². The number of carbonyl (C=O) groups is 2.